The quantitative estimate of drug-likeness (QED) is 0.474. The van der Waals surface area contributed by atoms with Crippen molar-refractivity contribution in [1.29, 1.82) is 0 Å². The van der Waals surface area contributed by atoms with Crippen LogP contribution in [-0.2, 0) is 12.7 Å². The van der Waals surface area contributed by atoms with Gasteiger partial charge >= 0.3 is 12.2 Å². The van der Waals surface area contributed by atoms with Crippen LogP contribution in [0, 0.1) is 0 Å². The van der Waals surface area contributed by atoms with E-state index >= 15 is 0 Å². The molecule has 0 unspecified atom stereocenters. The van der Waals surface area contributed by atoms with Crippen LogP contribution in [0.15, 0.2) is 48.7 Å². The normalized spacial score (nSPS) is 15.1. The van der Waals surface area contributed by atoms with Crippen LogP contribution >= 0.6 is 0 Å². The Morgan fingerprint density at radius 2 is 1.85 bits per heavy atom. The van der Waals surface area contributed by atoms with Crippen LogP contribution in [0.5, 0.6) is 0 Å². The summed E-state index contributed by atoms with van der Waals surface area (Å²) in [5.41, 5.74) is 0.405. The molecule has 1 aliphatic heterocycles. The molecule has 4 heterocycles. The molecule has 9 nitrogen and oxygen atoms in total. The van der Waals surface area contributed by atoms with E-state index in [1.165, 1.54) is 10.5 Å². The summed E-state index contributed by atoms with van der Waals surface area (Å²) >= 11 is 0. The first-order valence-corrected chi connectivity index (χ1v) is 10.8. The largest absolute Gasteiger partial charge is 0.417 e. The highest BCUT2D eigenvalue weighted by Crippen LogP contribution is 2.29. The third kappa shape index (κ3) is 4.43. The van der Waals surface area contributed by atoms with Gasteiger partial charge in [0.2, 0.25) is 0 Å². The number of nitrogens with zero attached hydrogens (tertiary/aromatic N) is 6. The highest BCUT2D eigenvalue weighted by Gasteiger charge is 2.31. The standard InChI is InChI=1S/C22H21F3N8O/c23-22(24,25)16-6-7-17-28-29-18(33(17)13-16)12-26-21(34)32-10-8-15(9-11-32)20-27-19(30-31-20)14-4-2-1-3-5-14/h1-7,13,15H,8-12H2,(H,26,34)(H,27,30,31). The molecule has 0 aliphatic carbocycles. The number of alkyl halides is 3. The molecule has 4 aromatic rings. The number of carbonyl (C=O) groups excluding carboxylic acids is 1. The van der Waals surface area contributed by atoms with Crippen LogP contribution in [0.25, 0.3) is 17.0 Å². The topological polar surface area (TPSA) is 104 Å². The van der Waals surface area contributed by atoms with E-state index in [-0.39, 0.29) is 30.0 Å². The van der Waals surface area contributed by atoms with E-state index in [9.17, 15) is 18.0 Å². The lowest BCUT2D eigenvalue weighted by Crippen LogP contribution is -2.44. The van der Waals surface area contributed by atoms with Gasteiger partial charge in [-0.3, -0.25) is 9.50 Å². The number of fused-ring (bicyclic) bond motifs is 1. The van der Waals surface area contributed by atoms with Gasteiger partial charge in [-0.15, -0.1) is 10.2 Å². The van der Waals surface area contributed by atoms with Gasteiger partial charge in [0, 0.05) is 30.8 Å². The van der Waals surface area contributed by atoms with E-state index in [0.717, 1.165) is 36.5 Å². The molecule has 12 heteroatoms. The Morgan fingerprint density at radius 3 is 2.59 bits per heavy atom. The summed E-state index contributed by atoms with van der Waals surface area (Å²) in [4.78, 5) is 18.9. The van der Waals surface area contributed by atoms with Gasteiger partial charge in [-0.05, 0) is 25.0 Å². The molecule has 2 N–H and O–H groups in total. The molecule has 1 saturated heterocycles. The summed E-state index contributed by atoms with van der Waals surface area (Å²) in [6, 6.07) is 11.6. The minimum atomic E-state index is -4.48. The highest BCUT2D eigenvalue weighted by molar-refractivity contribution is 5.74. The summed E-state index contributed by atoms with van der Waals surface area (Å²) in [5.74, 6) is 1.83. The molecule has 3 aromatic heterocycles. The average molecular weight is 470 g/mol. The molecule has 2 amide bonds. The van der Waals surface area contributed by atoms with Crippen molar-refractivity contribution in [2.45, 2.75) is 31.5 Å². The number of H-pyrrole nitrogens is 1. The van der Waals surface area contributed by atoms with Gasteiger partial charge in [-0.25, -0.2) is 9.78 Å². The van der Waals surface area contributed by atoms with Gasteiger partial charge in [-0.2, -0.15) is 18.3 Å². The highest BCUT2D eigenvalue weighted by atomic mass is 19.4. The summed E-state index contributed by atoms with van der Waals surface area (Å²) in [7, 11) is 0. The zero-order valence-corrected chi connectivity index (χ0v) is 18.0. The Bertz CT molecular complexity index is 1290. The van der Waals surface area contributed by atoms with Gasteiger partial charge in [0.15, 0.2) is 17.3 Å². The molecule has 34 heavy (non-hydrogen) atoms. The van der Waals surface area contributed by atoms with E-state index in [4.69, 9.17) is 0 Å². The van der Waals surface area contributed by atoms with Gasteiger partial charge in [0.1, 0.15) is 5.82 Å². The van der Waals surface area contributed by atoms with Gasteiger partial charge in [-0.1, -0.05) is 30.3 Å². The Hall–Kier alpha value is -3.96. The van der Waals surface area contributed by atoms with Gasteiger partial charge in [0.25, 0.3) is 0 Å². The predicted molar refractivity (Wildman–Crippen MR) is 116 cm³/mol. The molecule has 176 valence electrons. The number of aromatic nitrogens is 6. The van der Waals surface area contributed by atoms with E-state index < -0.39 is 11.7 Å². The van der Waals surface area contributed by atoms with Crippen LogP contribution in [-0.4, -0.2) is 53.8 Å². The van der Waals surface area contributed by atoms with Crippen molar-refractivity contribution in [3.05, 3.63) is 65.9 Å². The first-order valence-electron chi connectivity index (χ1n) is 10.8. The zero-order valence-electron chi connectivity index (χ0n) is 18.0. The van der Waals surface area contributed by atoms with Crippen molar-refractivity contribution in [3.63, 3.8) is 0 Å². The van der Waals surface area contributed by atoms with Crippen molar-refractivity contribution in [3.8, 4) is 11.4 Å². The number of aromatic amines is 1. The number of urea groups is 1. The number of nitrogens with one attached hydrogen (secondary N) is 2. The number of hydrogen-bond donors (Lipinski definition) is 2. The number of halogens is 3. The smallest absolute Gasteiger partial charge is 0.331 e. The van der Waals surface area contributed by atoms with Crippen LogP contribution in [0.2, 0.25) is 0 Å². The van der Waals surface area contributed by atoms with E-state index in [1.807, 2.05) is 30.3 Å². The molecule has 0 atom stereocenters. The maximum absolute atomic E-state index is 13.0. The van der Waals surface area contributed by atoms with Crippen LogP contribution < -0.4 is 5.32 Å². The molecular formula is C22H21F3N8O. The lowest BCUT2D eigenvalue weighted by molar-refractivity contribution is -0.137. The molecule has 0 bridgehead atoms. The van der Waals surface area contributed by atoms with Crippen LogP contribution in [0.4, 0.5) is 18.0 Å². The molecule has 1 aliphatic rings. The zero-order chi connectivity index (χ0) is 23.7. The Labute approximate surface area is 192 Å². The third-order valence-corrected chi connectivity index (χ3v) is 5.90. The molecule has 0 saturated carbocycles. The number of carbonyl (C=O) groups is 1. The van der Waals surface area contributed by atoms with Gasteiger partial charge in [0.05, 0.1) is 12.1 Å². The third-order valence-electron chi connectivity index (χ3n) is 5.90. The molecular weight excluding hydrogens is 449 g/mol. The van der Waals surface area contributed by atoms with Crippen molar-refractivity contribution in [1.82, 2.24) is 40.0 Å². The molecule has 0 radical (unpaired) electrons. The summed E-state index contributed by atoms with van der Waals surface area (Å²) in [6.45, 7) is 1.01. The Kier molecular flexibility index (Phi) is 5.64. The molecule has 1 fully saturated rings. The summed E-state index contributed by atoms with van der Waals surface area (Å²) < 4.78 is 40.3. The average Bonchev–Trinajstić information content (AvgIpc) is 3.50. The second kappa shape index (κ2) is 8.76. The first-order chi connectivity index (χ1) is 16.4. The number of likely N-dealkylation sites (tertiary alicyclic amines) is 1. The molecule has 0 spiro atoms. The minimum absolute atomic E-state index is 0.0379. The molecule has 1 aromatic carbocycles. The predicted octanol–water partition coefficient (Wildman–Crippen LogP) is 3.62. The monoisotopic (exact) mass is 470 g/mol. The maximum atomic E-state index is 13.0. The molecule has 5 rings (SSSR count). The summed E-state index contributed by atoms with van der Waals surface area (Å²) in [6.07, 6.45) is -2.10. The first kappa shape index (κ1) is 21.9. The number of benzene rings is 1. The lowest BCUT2D eigenvalue weighted by atomic mass is 9.96. The maximum Gasteiger partial charge on any atom is 0.417 e. The fourth-order valence-electron chi connectivity index (χ4n) is 4.02. The van der Waals surface area contributed by atoms with Crippen LogP contribution in [0.3, 0.4) is 0 Å². The van der Waals surface area contributed by atoms with E-state index in [1.54, 1.807) is 4.90 Å². The van der Waals surface area contributed by atoms with E-state index in [2.05, 4.69) is 30.7 Å². The van der Waals surface area contributed by atoms with Crippen molar-refractivity contribution in [2.24, 2.45) is 0 Å². The number of piperidine rings is 1. The minimum Gasteiger partial charge on any atom is -0.331 e. The fourth-order valence-corrected chi connectivity index (χ4v) is 4.02. The van der Waals surface area contributed by atoms with Crippen LogP contribution in [0.1, 0.15) is 36.0 Å². The van der Waals surface area contributed by atoms with E-state index in [0.29, 0.717) is 18.9 Å². The summed E-state index contributed by atoms with van der Waals surface area (Å²) in [5, 5.41) is 17.8. The number of amides is 2. The Balaban J connectivity index is 1.17. The number of hydrogen-bond acceptors (Lipinski definition) is 5. The second-order valence-electron chi connectivity index (χ2n) is 8.09. The second-order valence-corrected chi connectivity index (χ2v) is 8.09. The Morgan fingerprint density at radius 1 is 1.09 bits per heavy atom. The fraction of sp³-hybridized carbons (Fsp3) is 0.318. The van der Waals surface area contributed by atoms with Crippen molar-refractivity contribution in [2.75, 3.05) is 13.1 Å². The lowest BCUT2D eigenvalue weighted by Gasteiger charge is -2.30. The number of rotatable bonds is 4. The SMILES string of the molecule is O=C(NCc1nnc2ccc(C(F)(F)F)cn12)N1CCC(c2nc(-c3ccccc3)n[nH]2)CC1. The van der Waals surface area contributed by atoms with Crippen molar-refractivity contribution >= 4 is 11.7 Å². The number of pyridine rings is 1. The van der Waals surface area contributed by atoms with Gasteiger partial charge < -0.3 is 10.2 Å². The van der Waals surface area contributed by atoms with Crippen molar-refractivity contribution < 1.29 is 18.0 Å².